The highest BCUT2D eigenvalue weighted by molar-refractivity contribution is 5.65. The summed E-state index contributed by atoms with van der Waals surface area (Å²) >= 11 is 0. The summed E-state index contributed by atoms with van der Waals surface area (Å²) in [4.78, 5) is 13.5. The number of nitro benzene ring substituents is 1. The molecule has 0 aromatic heterocycles. The van der Waals surface area contributed by atoms with Gasteiger partial charge < -0.3 is 4.90 Å². The molecule has 1 aromatic carbocycles. The third kappa shape index (κ3) is 3.99. The fraction of sp³-hybridized carbons (Fsp3) is 0.667. The third-order valence-corrected chi connectivity index (χ3v) is 4.28. The molecule has 122 valence electrons. The zero-order valence-corrected chi connectivity index (χ0v) is 14.2. The fourth-order valence-corrected chi connectivity index (χ4v) is 3.10. The topological polar surface area (TPSA) is 46.4 Å². The van der Waals surface area contributed by atoms with Crippen molar-refractivity contribution in [2.45, 2.75) is 52.9 Å². The Morgan fingerprint density at radius 1 is 1.18 bits per heavy atom. The van der Waals surface area contributed by atoms with Gasteiger partial charge in [0.2, 0.25) is 0 Å². The zero-order valence-electron chi connectivity index (χ0n) is 14.2. The summed E-state index contributed by atoms with van der Waals surface area (Å²) in [5.74, 6) is 1.48. The number of nitrogens with zero attached hydrogens (tertiary/aromatic N) is 2. The molecule has 0 amide bonds. The molecule has 4 nitrogen and oxygen atoms in total. The van der Waals surface area contributed by atoms with E-state index >= 15 is 0 Å². The molecule has 1 fully saturated rings. The minimum absolute atomic E-state index is 0.217. The summed E-state index contributed by atoms with van der Waals surface area (Å²) < 4.78 is 0. The van der Waals surface area contributed by atoms with Crippen molar-refractivity contribution in [2.24, 2.45) is 11.8 Å². The second-order valence-electron chi connectivity index (χ2n) is 7.33. The van der Waals surface area contributed by atoms with Gasteiger partial charge in [0.1, 0.15) is 5.69 Å². The highest BCUT2D eigenvalue weighted by Crippen LogP contribution is 2.40. The van der Waals surface area contributed by atoms with Crippen molar-refractivity contribution in [3.63, 3.8) is 0 Å². The van der Waals surface area contributed by atoms with E-state index in [0.717, 1.165) is 37.2 Å². The van der Waals surface area contributed by atoms with Crippen LogP contribution in [0.2, 0.25) is 0 Å². The van der Waals surface area contributed by atoms with Crippen LogP contribution in [0, 0.1) is 22.0 Å². The molecule has 0 saturated heterocycles. The molecule has 1 saturated carbocycles. The molecule has 0 spiro atoms. The summed E-state index contributed by atoms with van der Waals surface area (Å²) in [5, 5.41) is 11.6. The van der Waals surface area contributed by atoms with Gasteiger partial charge in [0.05, 0.1) is 4.92 Å². The highest BCUT2D eigenvalue weighted by Gasteiger charge is 2.25. The van der Waals surface area contributed by atoms with Crippen molar-refractivity contribution in [2.75, 3.05) is 18.0 Å². The van der Waals surface area contributed by atoms with Crippen molar-refractivity contribution in [3.8, 4) is 0 Å². The first-order valence-electron chi connectivity index (χ1n) is 8.41. The molecular formula is C18H28N2O2. The van der Waals surface area contributed by atoms with Crippen molar-refractivity contribution in [1.82, 2.24) is 0 Å². The minimum Gasteiger partial charge on any atom is -0.365 e. The lowest BCUT2D eigenvalue weighted by molar-refractivity contribution is -0.384. The molecule has 1 aromatic rings. The van der Waals surface area contributed by atoms with E-state index in [1.165, 1.54) is 6.42 Å². The van der Waals surface area contributed by atoms with E-state index in [1.807, 2.05) is 12.1 Å². The van der Waals surface area contributed by atoms with E-state index < -0.39 is 0 Å². The molecular weight excluding hydrogens is 276 g/mol. The van der Waals surface area contributed by atoms with Crippen LogP contribution < -0.4 is 4.90 Å². The van der Waals surface area contributed by atoms with Gasteiger partial charge in [-0.05, 0) is 42.2 Å². The Labute approximate surface area is 133 Å². The first-order chi connectivity index (χ1) is 10.4. The van der Waals surface area contributed by atoms with Gasteiger partial charge >= 0.3 is 0 Å². The molecule has 0 heterocycles. The number of benzene rings is 1. The second-order valence-corrected chi connectivity index (χ2v) is 7.33. The molecule has 0 unspecified atom stereocenters. The number of nitro groups is 1. The van der Waals surface area contributed by atoms with Gasteiger partial charge in [-0.3, -0.25) is 10.1 Å². The molecule has 22 heavy (non-hydrogen) atoms. The van der Waals surface area contributed by atoms with E-state index in [-0.39, 0.29) is 10.6 Å². The Hall–Kier alpha value is -1.58. The van der Waals surface area contributed by atoms with Crippen LogP contribution in [0.5, 0.6) is 0 Å². The summed E-state index contributed by atoms with van der Waals surface area (Å²) in [6.45, 7) is 10.3. The third-order valence-electron chi connectivity index (χ3n) is 4.28. The van der Waals surface area contributed by atoms with Crippen molar-refractivity contribution in [1.29, 1.82) is 0 Å². The van der Waals surface area contributed by atoms with E-state index in [0.29, 0.717) is 17.8 Å². The molecule has 0 atom stereocenters. The Kier molecular flexibility index (Phi) is 5.43. The summed E-state index contributed by atoms with van der Waals surface area (Å²) in [6, 6.07) is 5.88. The minimum atomic E-state index is -0.217. The van der Waals surface area contributed by atoms with Crippen LogP contribution in [0.1, 0.15) is 58.4 Å². The monoisotopic (exact) mass is 304 g/mol. The van der Waals surface area contributed by atoms with Gasteiger partial charge in [0, 0.05) is 19.2 Å². The molecule has 0 N–H and O–H groups in total. The van der Waals surface area contributed by atoms with E-state index in [2.05, 4.69) is 38.7 Å². The molecule has 2 rings (SSSR count). The van der Waals surface area contributed by atoms with Crippen molar-refractivity contribution >= 4 is 11.4 Å². The lowest BCUT2D eigenvalue weighted by atomic mass is 9.80. The Morgan fingerprint density at radius 2 is 1.77 bits per heavy atom. The van der Waals surface area contributed by atoms with Gasteiger partial charge in [-0.25, -0.2) is 0 Å². The van der Waals surface area contributed by atoms with Crippen LogP contribution in [-0.2, 0) is 0 Å². The second kappa shape index (κ2) is 7.12. The number of anilines is 1. The molecule has 0 bridgehead atoms. The van der Waals surface area contributed by atoms with Crippen LogP contribution in [0.3, 0.4) is 0 Å². The zero-order chi connectivity index (χ0) is 16.3. The Morgan fingerprint density at radius 3 is 2.18 bits per heavy atom. The van der Waals surface area contributed by atoms with Gasteiger partial charge in [-0.2, -0.15) is 0 Å². The SMILES string of the molecule is CC(C)CN(CC(C)C)c1ccc(C2CCC2)cc1[N+](=O)[O-]. The fourth-order valence-electron chi connectivity index (χ4n) is 3.10. The van der Waals surface area contributed by atoms with Gasteiger partial charge in [-0.1, -0.05) is 40.2 Å². The maximum atomic E-state index is 11.6. The van der Waals surface area contributed by atoms with Crippen LogP contribution in [0.4, 0.5) is 11.4 Å². The molecule has 0 radical (unpaired) electrons. The Bertz CT molecular complexity index is 512. The predicted molar refractivity (Wildman–Crippen MR) is 91.6 cm³/mol. The van der Waals surface area contributed by atoms with E-state index in [9.17, 15) is 10.1 Å². The maximum Gasteiger partial charge on any atom is 0.292 e. The van der Waals surface area contributed by atoms with E-state index in [1.54, 1.807) is 0 Å². The number of hydrogen-bond acceptors (Lipinski definition) is 3. The van der Waals surface area contributed by atoms with Crippen molar-refractivity contribution < 1.29 is 4.92 Å². The first-order valence-corrected chi connectivity index (χ1v) is 8.41. The lowest BCUT2D eigenvalue weighted by Gasteiger charge is -2.30. The van der Waals surface area contributed by atoms with Gasteiger partial charge in [-0.15, -0.1) is 0 Å². The maximum absolute atomic E-state index is 11.6. The predicted octanol–water partition coefficient (Wildman–Crippen LogP) is 4.98. The normalized spacial score (nSPS) is 15.2. The van der Waals surface area contributed by atoms with Crippen molar-refractivity contribution in [3.05, 3.63) is 33.9 Å². The molecule has 1 aliphatic carbocycles. The van der Waals surface area contributed by atoms with Crippen LogP contribution in [0.25, 0.3) is 0 Å². The molecule has 1 aliphatic rings. The number of hydrogen-bond donors (Lipinski definition) is 0. The average Bonchev–Trinajstić information content (AvgIpc) is 2.34. The van der Waals surface area contributed by atoms with Crippen LogP contribution in [-0.4, -0.2) is 18.0 Å². The lowest BCUT2D eigenvalue weighted by Crippen LogP contribution is -2.31. The summed E-state index contributed by atoms with van der Waals surface area (Å²) in [7, 11) is 0. The average molecular weight is 304 g/mol. The van der Waals surface area contributed by atoms with E-state index in [4.69, 9.17) is 0 Å². The summed E-state index contributed by atoms with van der Waals surface area (Å²) in [6.07, 6.45) is 3.57. The molecule has 0 aliphatic heterocycles. The quantitative estimate of drug-likeness (QED) is 0.527. The standard InChI is InChI=1S/C18H28N2O2/c1-13(2)11-19(12-14(3)4)17-9-8-16(15-6-5-7-15)10-18(17)20(21)22/h8-10,13-15H,5-7,11-12H2,1-4H3. The number of rotatable bonds is 7. The van der Waals surface area contributed by atoms with Gasteiger partial charge in [0.15, 0.2) is 0 Å². The Balaban J connectivity index is 2.34. The molecule has 4 heteroatoms. The summed E-state index contributed by atoms with van der Waals surface area (Å²) in [5.41, 5.74) is 2.18. The van der Waals surface area contributed by atoms with Crippen LogP contribution in [0.15, 0.2) is 18.2 Å². The smallest absolute Gasteiger partial charge is 0.292 e. The van der Waals surface area contributed by atoms with Crippen LogP contribution >= 0.6 is 0 Å². The largest absolute Gasteiger partial charge is 0.365 e. The van der Waals surface area contributed by atoms with Gasteiger partial charge in [0.25, 0.3) is 5.69 Å². The highest BCUT2D eigenvalue weighted by atomic mass is 16.6. The first kappa shape index (κ1) is 16.8.